The molecule has 2 aromatic rings. The summed E-state index contributed by atoms with van der Waals surface area (Å²) >= 11 is 8.98. The third-order valence-electron chi connectivity index (χ3n) is 4.12. The van der Waals surface area contributed by atoms with Gasteiger partial charge in [-0.3, -0.25) is 14.9 Å². The Hall–Kier alpha value is -2.91. The molecule has 0 fully saturated rings. The van der Waals surface area contributed by atoms with E-state index in [9.17, 15) is 19.7 Å². The van der Waals surface area contributed by atoms with Gasteiger partial charge in [-0.15, -0.1) is 0 Å². The molecule has 0 aliphatic carbocycles. The van der Waals surface area contributed by atoms with E-state index in [1.165, 1.54) is 12.1 Å². The molecule has 144 valence electrons. The summed E-state index contributed by atoms with van der Waals surface area (Å²) < 4.78 is 0.300. The Morgan fingerprint density at radius 2 is 1.93 bits per heavy atom. The van der Waals surface area contributed by atoms with Crippen LogP contribution in [0.25, 0.3) is 0 Å². The van der Waals surface area contributed by atoms with E-state index in [4.69, 9.17) is 11.6 Å². The molecular formula is C18H14BrClN4O4. The molecule has 3 N–H and O–H groups in total. The first-order valence-electron chi connectivity index (χ1n) is 8.05. The molecule has 8 nitrogen and oxygen atoms in total. The van der Waals surface area contributed by atoms with Crippen LogP contribution in [-0.2, 0) is 4.79 Å². The zero-order valence-corrected chi connectivity index (χ0v) is 16.8. The van der Waals surface area contributed by atoms with Gasteiger partial charge < -0.3 is 16.0 Å². The first-order chi connectivity index (χ1) is 13.3. The monoisotopic (exact) mass is 464 g/mol. The predicted molar refractivity (Wildman–Crippen MR) is 108 cm³/mol. The van der Waals surface area contributed by atoms with E-state index in [0.29, 0.717) is 26.4 Å². The Morgan fingerprint density at radius 3 is 2.57 bits per heavy atom. The van der Waals surface area contributed by atoms with Crippen molar-refractivity contribution in [2.45, 2.75) is 13.0 Å². The standard InChI is InChI=1S/C18H14BrClN4O4/c1-9-15(17(25)22-12-5-3-11(20)4-6-12)16(23-18(26)21-9)10-2-7-13(19)14(8-10)24(27)28/h2-8,16H,1H3,(H,22,25)(H2,21,23,26)/t16-/m0/s1. The molecule has 1 atom stereocenters. The molecule has 0 spiro atoms. The molecule has 1 aliphatic heterocycles. The molecule has 3 amide bonds. The molecular weight excluding hydrogens is 452 g/mol. The number of benzene rings is 2. The molecule has 1 aliphatic rings. The Morgan fingerprint density at radius 1 is 1.25 bits per heavy atom. The number of urea groups is 1. The highest BCUT2D eigenvalue weighted by atomic mass is 79.9. The number of nitrogens with zero attached hydrogens (tertiary/aromatic N) is 1. The molecule has 0 bridgehead atoms. The Bertz CT molecular complexity index is 1010. The fraction of sp³-hybridized carbons (Fsp3) is 0.111. The van der Waals surface area contributed by atoms with Crippen molar-refractivity contribution in [2.75, 3.05) is 5.32 Å². The summed E-state index contributed by atoms with van der Waals surface area (Å²) in [6.45, 7) is 1.59. The lowest BCUT2D eigenvalue weighted by Crippen LogP contribution is -2.46. The number of halogens is 2. The highest BCUT2D eigenvalue weighted by Gasteiger charge is 2.32. The van der Waals surface area contributed by atoms with Gasteiger partial charge in [-0.2, -0.15) is 0 Å². The molecule has 0 saturated heterocycles. The van der Waals surface area contributed by atoms with Crippen LogP contribution in [0.15, 0.2) is 58.2 Å². The fourth-order valence-electron chi connectivity index (χ4n) is 2.83. The molecule has 3 rings (SSSR count). The van der Waals surface area contributed by atoms with Crippen LogP contribution >= 0.6 is 27.5 Å². The van der Waals surface area contributed by atoms with Crippen molar-refractivity contribution in [3.05, 3.63) is 78.9 Å². The van der Waals surface area contributed by atoms with Gasteiger partial charge in [0.15, 0.2) is 0 Å². The molecule has 0 saturated carbocycles. The molecule has 2 aromatic carbocycles. The first kappa shape index (κ1) is 19.8. The number of hydrogen-bond donors (Lipinski definition) is 3. The van der Waals surface area contributed by atoms with Crippen molar-refractivity contribution in [3.63, 3.8) is 0 Å². The topological polar surface area (TPSA) is 113 Å². The van der Waals surface area contributed by atoms with Gasteiger partial charge in [-0.05, 0) is 58.7 Å². The van der Waals surface area contributed by atoms with Gasteiger partial charge in [0.25, 0.3) is 11.6 Å². The number of allylic oxidation sites excluding steroid dienone is 1. The predicted octanol–water partition coefficient (Wildman–Crippen LogP) is 4.28. The van der Waals surface area contributed by atoms with E-state index < -0.39 is 22.9 Å². The van der Waals surface area contributed by atoms with E-state index in [-0.39, 0.29) is 11.3 Å². The molecule has 0 aromatic heterocycles. The summed E-state index contributed by atoms with van der Waals surface area (Å²) in [7, 11) is 0. The lowest BCUT2D eigenvalue weighted by atomic mass is 9.94. The number of carbonyl (C=O) groups is 2. The second-order valence-electron chi connectivity index (χ2n) is 6.00. The van der Waals surface area contributed by atoms with E-state index >= 15 is 0 Å². The van der Waals surface area contributed by atoms with Crippen LogP contribution in [0.4, 0.5) is 16.2 Å². The van der Waals surface area contributed by atoms with E-state index in [2.05, 4.69) is 31.9 Å². The average Bonchev–Trinajstić information content (AvgIpc) is 2.63. The van der Waals surface area contributed by atoms with Crippen molar-refractivity contribution in [3.8, 4) is 0 Å². The largest absolute Gasteiger partial charge is 0.327 e. The number of amides is 3. The Labute approximate surface area is 173 Å². The van der Waals surface area contributed by atoms with Gasteiger partial charge in [-0.25, -0.2) is 4.79 Å². The molecule has 10 heteroatoms. The second-order valence-corrected chi connectivity index (χ2v) is 7.29. The minimum atomic E-state index is -0.854. The summed E-state index contributed by atoms with van der Waals surface area (Å²) in [4.78, 5) is 35.6. The van der Waals surface area contributed by atoms with Crippen LogP contribution in [0, 0.1) is 10.1 Å². The fourth-order valence-corrected chi connectivity index (χ4v) is 3.34. The number of rotatable bonds is 4. The van der Waals surface area contributed by atoms with E-state index in [1.807, 2.05) is 0 Å². The third kappa shape index (κ3) is 4.15. The van der Waals surface area contributed by atoms with Crippen molar-refractivity contribution < 1.29 is 14.5 Å². The van der Waals surface area contributed by atoms with Crippen LogP contribution in [0.2, 0.25) is 5.02 Å². The minimum absolute atomic E-state index is 0.166. The summed E-state index contributed by atoms with van der Waals surface area (Å²) in [6.07, 6.45) is 0. The highest BCUT2D eigenvalue weighted by Crippen LogP contribution is 2.33. The maximum Gasteiger partial charge on any atom is 0.319 e. The molecule has 28 heavy (non-hydrogen) atoms. The van der Waals surface area contributed by atoms with Crippen molar-refractivity contribution in [2.24, 2.45) is 0 Å². The van der Waals surface area contributed by atoms with Gasteiger partial charge in [0, 0.05) is 22.5 Å². The van der Waals surface area contributed by atoms with E-state index in [0.717, 1.165) is 0 Å². The number of nitrogens with one attached hydrogen (secondary N) is 3. The van der Waals surface area contributed by atoms with Crippen molar-refractivity contribution in [1.29, 1.82) is 0 Å². The van der Waals surface area contributed by atoms with Gasteiger partial charge in [-0.1, -0.05) is 17.7 Å². The quantitative estimate of drug-likeness (QED) is 0.462. The zero-order chi connectivity index (χ0) is 20.4. The smallest absolute Gasteiger partial charge is 0.319 e. The maximum absolute atomic E-state index is 12.9. The summed E-state index contributed by atoms with van der Waals surface area (Å²) in [5.41, 5.74) is 1.36. The number of hydrogen-bond acceptors (Lipinski definition) is 4. The van der Waals surface area contributed by atoms with Gasteiger partial charge >= 0.3 is 6.03 Å². The Balaban J connectivity index is 1.99. The molecule has 1 heterocycles. The van der Waals surface area contributed by atoms with Crippen molar-refractivity contribution >= 4 is 50.8 Å². The van der Waals surface area contributed by atoms with Crippen LogP contribution in [-0.4, -0.2) is 16.9 Å². The average molecular weight is 466 g/mol. The lowest BCUT2D eigenvalue weighted by molar-refractivity contribution is -0.385. The number of anilines is 1. The van der Waals surface area contributed by atoms with Crippen LogP contribution < -0.4 is 16.0 Å². The van der Waals surface area contributed by atoms with Crippen molar-refractivity contribution in [1.82, 2.24) is 10.6 Å². The first-order valence-corrected chi connectivity index (χ1v) is 9.22. The maximum atomic E-state index is 12.9. The third-order valence-corrected chi connectivity index (χ3v) is 5.04. The molecule has 0 radical (unpaired) electrons. The summed E-state index contributed by atoms with van der Waals surface area (Å²) in [5.74, 6) is -0.456. The number of nitro benzene ring substituents is 1. The minimum Gasteiger partial charge on any atom is -0.327 e. The Kier molecular flexibility index (Phi) is 5.66. The normalized spacial score (nSPS) is 16.2. The second kappa shape index (κ2) is 7.99. The molecule has 0 unspecified atom stereocenters. The lowest BCUT2D eigenvalue weighted by Gasteiger charge is -2.28. The van der Waals surface area contributed by atoms with Crippen LogP contribution in [0.1, 0.15) is 18.5 Å². The van der Waals surface area contributed by atoms with Gasteiger partial charge in [0.2, 0.25) is 0 Å². The van der Waals surface area contributed by atoms with Gasteiger partial charge in [0.05, 0.1) is 21.0 Å². The SMILES string of the molecule is CC1=C(C(=O)Nc2ccc(Cl)cc2)[C@H](c2ccc(Br)c([N+](=O)[O-])c2)NC(=O)N1. The number of carbonyl (C=O) groups excluding carboxylic acids is 2. The van der Waals surface area contributed by atoms with E-state index in [1.54, 1.807) is 37.3 Å². The zero-order valence-electron chi connectivity index (χ0n) is 14.5. The summed E-state index contributed by atoms with van der Waals surface area (Å²) in [6, 6.07) is 9.63. The number of nitro groups is 1. The van der Waals surface area contributed by atoms with Crippen LogP contribution in [0.3, 0.4) is 0 Å². The van der Waals surface area contributed by atoms with Crippen LogP contribution in [0.5, 0.6) is 0 Å². The highest BCUT2D eigenvalue weighted by molar-refractivity contribution is 9.10. The summed E-state index contributed by atoms with van der Waals surface area (Å²) in [5, 5.41) is 19.7. The van der Waals surface area contributed by atoms with Gasteiger partial charge in [0.1, 0.15) is 0 Å².